The van der Waals surface area contributed by atoms with Crippen LogP contribution in [0, 0.1) is 0 Å². The minimum atomic E-state index is -0.770. The fourth-order valence-corrected chi connectivity index (χ4v) is 11.9. The van der Waals surface area contributed by atoms with Crippen molar-refractivity contribution in [3.05, 3.63) is 12.2 Å². The SMILES string of the molecule is CCCCCCCCC/C=C\CCCCCCCC(=O)OCC(COC(=O)CCCCCCCCCCCCCCCCCCCCCCCCCCCCCCC)OC(=O)CCCCCCCCCCCCCCCCCCCCC. The van der Waals surface area contributed by atoms with Gasteiger partial charge in [0.2, 0.25) is 0 Å². The minimum Gasteiger partial charge on any atom is -0.462 e. The molecule has 0 aromatic rings. The molecule has 0 bridgehead atoms. The highest BCUT2D eigenvalue weighted by Gasteiger charge is 2.20. The van der Waals surface area contributed by atoms with Crippen LogP contribution in [0.3, 0.4) is 0 Å². The molecule has 0 spiro atoms. The molecule has 0 saturated carbocycles. The lowest BCUT2D eigenvalue weighted by Gasteiger charge is -2.18. The van der Waals surface area contributed by atoms with Gasteiger partial charge < -0.3 is 14.2 Å². The molecule has 1 atom stereocenters. The summed E-state index contributed by atoms with van der Waals surface area (Å²) in [6.45, 7) is 6.73. The molecule has 6 heteroatoms. The van der Waals surface area contributed by atoms with Gasteiger partial charge in [0.15, 0.2) is 6.10 Å². The minimum absolute atomic E-state index is 0.0654. The van der Waals surface area contributed by atoms with Crippen molar-refractivity contribution in [3.8, 4) is 0 Å². The molecular weight excluding hydrogens is 1010 g/mol. The zero-order chi connectivity index (χ0) is 59.2. The molecule has 0 radical (unpaired) electrons. The average molecular weight is 1160 g/mol. The van der Waals surface area contributed by atoms with Gasteiger partial charge in [-0.3, -0.25) is 14.4 Å². The molecule has 0 aliphatic heterocycles. The first-order valence-electron chi connectivity index (χ1n) is 37.7. The maximum Gasteiger partial charge on any atom is 0.306 e. The fraction of sp³-hybridized carbons (Fsp3) is 0.934. The zero-order valence-electron chi connectivity index (χ0n) is 56.1. The molecule has 1 unspecified atom stereocenters. The van der Waals surface area contributed by atoms with Crippen LogP contribution in [-0.2, 0) is 28.6 Å². The van der Waals surface area contributed by atoms with E-state index in [1.54, 1.807) is 0 Å². The van der Waals surface area contributed by atoms with Crippen LogP contribution >= 0.6 is 0 Å². The molecule has 0 aliphatic carbocycles. The number of allylic oxidation sites excluding steroid dienone is 2. The lowest BCUT2D eigenvalue weighted by molar-refractivity contribution is -0.167. The number of esters is 3. The Morgan fingerprint density at radius 2 is 0.402 bits per heavy atom. The highest BCUT2D eigenvalue weighted by Crippen LogP contribution is 2.20. The van der Waals surface area contributed by atoms with Crippen LogP contribution in [0.5, 0.6) is 0 Å². The Kier molecular flexibility index (Phi) is 70.0. The Balaban J connectivity index is 4.19. The van der Waals surface area contributed by atoms with Gasteiger partial charge in [0.05, 0.1) is 0 Å². The second-order valence-corrected chi connectivity index (χ2v) is 25.9. The van der Waals surface area contributed by atoms with Crippen molar-refractivity contribution in [2.45, 2.75) is 444 Å². The zero-order valence-corrected chi connectivity index (χ0v) is 56.1. The maximum atomic E-state index is 13.0. The normalized spacial score (nSPS) is 12.0. The summed E-state index contributed by atoms with van der Waals surface area (Å²) in [4.78, 5) is 38.5. The van der Waals surface area contributed by atoms with E-state index in [9.17, 15) is 14.4 Å². The van der Waals surface area contributed by atoms with Gasteiger partial charge in [0.25, 0.3) is 0 Å². The molecule has 0 N–H and O–H groups in total. The van der Waals surface area contributed by atoms with Crippen molar-refractivity contribution >= 4 is 17.9 Å². The predicted octanol–water partition coefficient (Wildman–Crippen LogP) is 26.0. The third-order valence-electron chi connectivity index (χ3n) is 17.5. The van der Waals surface area contributed by atoms with Crippen LogP contribution in [-0.4, -0.2) is 37.2 Å². The van der Waals surface area contributed by atoms with Gasteiger partial charge in [0, 0.05) is 19.3 Å². The third kappa shape index (κ3) is 68.9. The molecule has 0 fully saturated rings. The molecule has 486 valence electrons. The lowest BCUT2D eigenvalue weighted by Crippen LogP contribution is -2.30. The van der Waals surface area contributed by atoms with E-state index in [2.05, 4.69) is 32.9 Å². The van der Waals surface area contributed by atoms with E-state index in [4.69, 9.17) is 14.2 Å². The van der Waals surface area contributed by atoms with E-state index in [0.29, 0.717) is 19.3 Å². The number of hydrogen-bond donors (Lipinski definition) is 0. The highest BCUT2D eigenvalue weighted by atomic mass is 16.6. The van der Waals surface area contributed by atoms with E-state index >= 15 is 0 Å². The van der Waals surface area contributed by atoms with E-state index in [0.717, 1.165) is 64.2 Å². The maximum absolute atomic E-state index is 13.0. The van der Waals surface area contributed by atoms with E-state index in [-0.39, 0.29) is 31.1 Å². The van der Waals surface area contributed by atoms with E-state index in [1.165, 1.54) is 334 Å². The summed E-state index contributed by atoms with van der Waals surface area (Å²) in [5.74, 6) is -0.835. The molecule has 0 aliphatic rings. The van der Waals surface area contributed by atoms with Gasteiger partial charge in [-0.15, -0.1) is 0 Å². The molecule has 0 rings (SSSR count). The number of unbranched alkanes of at least 4 members (excludes halogenated alkanes) is 58. The van der Waals surface area contributed by atoms with Gasteiger partial charge in [0.1, 0.15) is 13.2 Å². The number of rotatable bonds is 71. The topological polar surface area (TPSA) is 78.9 Å². The fourth-order valence-electron chi connectivity index (χ4n) is 11.9. The summed E-state index contributed by atoms with van der Waals surface area (Å²) in [6, 6.07) is 0. The van der Waals surface area contributed by atoms with Crippen LogP contribution in [0.1, 0.15) is 438 Å². The average Bonchev–Trinajstić information content (AvgIpc) is 3.47. The van der Waals surface area contributed by atoms with Crippen LogP contribution in [0.2, 0.25) is 0 Å². The number of carbonyl (C=O) groups is 3. The smallest absolute Gasteiger partial charge is 0.306 e. The van der Waals surface area contributed by atoms with Crippen LogP contribution in [0.4, 0.5) is 0 Å². The number of ether oxygens (including phenoxy) is 3. The number of hydrogen-bond acceptors (Lipinski definition) is 6. The molecule has 82 heavy (non-hydrogen) atoms. The number of carbonyl (C=O) groups excluding carboxylic acids is 3. The van der Waals surface area contributed by atoms with Gasteiger partial charge >= 0.3 is 17.9 Å². The summed E-state index contributed by atoms with van der Waals surface area (Å²) in [5.41, 5.74) is 0. The summed E-state index contributed by atoms with van der Waals surface area (Å²) in [5, 5.41) is 0. The van der Waals surface area contributed by atoms with E-state index in [1.807, 2.05) is 0 Å². The monoisotopic (exact) mass is 1160 g/mol. The van der Waals surface area contributed by atoms with Crippen molar-refractivity contribution in [1.82, 2.24) is 0 Å². The van der Waals surface area contributed by atoms with Crippen LogP contribution in [0.15, 0.2) is 12.2 Å². The van der Waals surface area contributed by atoms with E-state index < -0.39 is 6.10 Å². The first-order valence-corrected chi connectivity index (χ1v) is 37.7. The quantitative estimate of drug-likeness (QED) is 0.0261. The first kappa shape index (κ1) is 80.2. The molecule has 0 amide bonds. The Morgan fingerprint density at radius 1 is 0.232 bits per heavy atom. The Labute approximate surface area is 513 Å². The molecular formula is C76H146O6. The standard InChI is InChI=1S/C76H146O6/c1-4-7-10-13-16-19-22-25-28-31-33-34-35-36-37-38-39-40-41-42-44-45-48-51-54-57-60-63-66-69-75(78)81-72-73(71-80-74(77)68-65-62-59-56-53-50-47-30-27-24-21-18-15-12-9-6-3)82-76(79)70-67-64-61-58-55-52-49-46-43-32-29-26-23-20-17-14-11-8-5-2/h30,47,73H,4-29,31-46,48-72H2,1-3H3/b47-30-. The second kappa shape index (κ2) is 71.6. The third-order valence-corrected chi connectivity index (χ3v) is 17.5. The van der Waals surface area contributed by atoms with Crippen molar-refractivity contribution in [3.63, 3.8) is 0 Å². The van der Waals surface area contributed by atoms with Crippen molar-refractivity contribution in [1.29, 1.82) is 0 Å². The summed E-state index contributed by atoms with van der Waals surface area (Å²) < 4.78 is 17.0. The second-order valence-electron chi connectivity index (χ2n) is 25.9. The first-order chi connectivity index (χ1) is 40.5. The summed E-state index contributed by atoms with van der Waals surface area (Å²) in [6.07, 6.45) is 86.9. The van der Waals surface area contributed by atoms with Gasteiger partial charge in [-0.1, -0.05) is 386 Å². The molecule has 0 aromatic carbocycles. The Morgan fingerprint density at radius 3 is 0.610 bits per heavy atom. The van der Waals surface area contributed by atoms with Gasteiger partial charge in [-0.2, -0.15) is 0 Å². The van der Waals surface area contributed by atoms with Crippen LogP contribution in [0.25, 0.3) is 0 Å². The van der Waals surface area contributed by atoms with Gasteiger partial charge in [-0.05, 0) is 44.9 Å². The molecule has 6 nitrogen and oxygen atoms in total. The Bertz CT molecular complexity index is 1280. The molecule has 0 heterocycles. The van der Waals surface area contributed by atoms with Crippen molar-refractivity contribution in [2.75, 3.05) is 13.2 Å². The molecule has 0 aromatic heterocycles. The summed E-state index contributed by atoms with van der Waals surface area (Å²) in [7, 11) is 0. The largest absolute Gasteiger partial charge is 0.462 e. The summed E-state index contributed by atoms with van der Waals surface area (Å²) >= 11 is 0. The van der Waals surface area contributed by atoms with Crippen LogP contribution < -0.4 is 0 Å². The predicted molar refractivity (Wildman–Crippen MR) is 358 cm³/mol. The highest BCUT2D eigenvalue weighted by molar-refractivity contribution is 5.71. The van der Waals surface area contributed by atoms with Crippen molar-refractivity contribution in [2.24, 2.45) is 0 Å². The van der Waals surface area contributed by atoms with Gasteiger partial charge in [-0.25, -0.2) is 0 Å². The van der Waals surface area contributed by atoms with Crippen molar-refractivity contribution < 1.29 is 28.6 Å². The Hall–Kier alpha value is -1.85. The molecule has 0 saturated heterocycles. The lowest BCUT2D eigenvalue weighted by atomic mass is 10.0.